The molecule has 3 aromatic rings. The highest BCUT2D eigenvalue weighted by Gasteiger charge is 2.16. The Hall–Kier alpha value is -2.20. The van der Waals surface area contributed by atoms with Crippen molar-refractivity contribution in [2.75, 3.05) is 0 Å². The summed E-state index contributed by atoms with van der Waals surface area (Å²) in [5.41, 5.74) is 5.82. The molecule has 4 nitrogen and oxygen atoms in total. The zero-order valence-corrected chi connectivity index (χ0v) is 11.9. The van der Waals surface area contributed by atoms with E-state index < -0.39 is 0 Å². The molecule has 1 N–H and O–H groups in total. The molecule has 0 bridgehead atoms. The van der Waals surface area contributed by atoms with Crippen molar-refractivity contribution < 1.29 is 0 Å². The van der Waals surface area contributed by atoms with Crippen LogP contribution < -0.4 is 0 Å². The van der Waals surface area contributed by atoms with Gasteiger partial charge in [0.25, 0.3) is 0 Å². The molecular formula is C15H13ClN4. The van der Waals surface area contributed by atoms with E-state index in [0.717, 1.165) is 33.8 Å². The lowest BCUT2D eigenvalue weighted by Gasteiger charge is -2.13. The maximum Gasteiger partial charge on any atom is 0.0700 e. The van der Waals surface area contributed by atoms with Gasteiger partial charge in [0.1, 0.15) is 0 Å². The van der Waals surface area contributed by atoms with Gasteiger partial charge in [0.05, 0.1) is 17.1 Å². The fourth-order valence-electron chi connectivity index (χ4n) is 2.31. The second-order valence-corrected chi connectivity index (χ2v) is 5.03. The highest BCUT2D eigenvalue weighted by Crippen LogP contribution is 2.34. The van der Waals surface area contributed by atoms with Crippen LogP contribution in [-0.4, -0.2) is 20.4 Å². The molecule has 0 aliphatic rings. The molecule has 20 heavy (non-hydrogen) atoms. The largest absolute Gasteiger partial charge is 0.278 e. The molecule has 0 amide bonds. The molecule has 3 rings (SSSR count). The third-order valence-electron chi connectivity index (χ3n) is 3.23. The lowest BCUT2D eigenvalue weighted by Crippen LogP contribution is -1.99. The number of nitrogens with zero attached hydrogens (tertiary/aromatic N) is 3. The molecule has 2 heterocycles. The molecule has 0 saturated heterocycles. The molecule has 0 unspecified atom stereocenters. The molecule has 1 aromatic carbocycles. The summed E-state index contributed by atoms with van der Waals surface area (Å²) in [4.78, 5) is 0. The summed E-state index contributed by atoms with van der Waals surface area (Å²) in [6, 6.07) is 9.67. The number of benzene rings is 1. The Balaban J connectivity index is 2.29. The van der Waals surface area contributed by atoms with Crippen molar-refractivity contribution in [1.29, 1.82) is 0 Å². The maximum atomic E-state index is 5.97. The van der Waals surface area contributed by atoms with Crippen molar-refractivity contribution in [3.05, 3.63) is 52.9 Å². The first kappa shape index (κ1) is 12.8. The van der Waals surface area contributed by atoms with Gasteiger partial charge in [-0.25, -0.2) is 0 Å². The average Bonchev–Trinajstić information content (AvgIpc) is 2.96. The minimum Gasteiger partial charge on any atom is -0.278 e. The first-order chi connectivity index (χ1) is 9.66. The number of nitrogens with one attached hydrogen (secondary N) is 1. The molecule has 0 aliphatic carbocycles. The Morgan fingerprint density at radius 1 is 0.900 bits per heavy atom. The molecule has 0 atom stereocenters. The molecule has 100 valence electrons. The van der Waals surface area contributed by atoms with E-state index in [1.54, 1.807) is 6.20 Å². The van der Waals surface area contributed by atoms with Crippen LogP contribution in [0.25, 0.3) is 22.4 Å². The number of aryl methyl sites for hydroxylation is 2. The number of aromatic amines is 1. The Labute approximate surface area is 121 Å². The topological polar surface area (TPSA) is 54.5 Å². The van der Waals surface area contributed by atoms with Crippen molar-refractivity contribution in [3.63, 3.8) is 0 Å². The number of hydrogen-bond acceptors (Lipinski definition) is 3. The number of rotatable bonds is 2. The summed E-state index contributed by atoms with van der Waals surface area (Å²) in [7, 11) is 0. The van der Waals surface area contributed by atoms with E-state index in [0.29, 0.717) is 5.02 Å². The Morgan fingerprint density at radius 3 is 2.15 bits per heavy atom. The van der Waals surface area contributed by atoms with Crippen LogP contribution in [0.15, 0.2) is 36.5 Å². The molecule has 0 fully saturated rings. The summed E-state index contributed by atoms with van der Waals surface area (Å²) in [6.45, 7) is 3.90. The number of H-pyrrole nitrogens is 1. The number of aromatic nitrogens is 4. The Morgan fingerprint density at radius 2 is 1.55 bits per heavy atom. The van der Waals surface area contributed by atoms with Crippen molar-refractivity contribution in [2.24, 2.45) is 0 Å². The van der Waals surface area contributed by atoms with Crippen molar-refractivity contribution in [2.45, 2.75) is 13.8 Å². The van der Waals surface area contributed by atoms with Gasteiger partial charge < -0.3 is 0 Å². The lowest BCUT2D eigenvalue weighted by atomic mass is 9.96. The molecular weight excluding hydrogens is 272 g/mol. The van der Waals surface area contributed by atoms with E-state index in [1.165, 1.54) is 0 Å². The molecule has 2 aromatic heterocycles. The fourth-order valence-corrected chi connectivity index (χ4v) is 2.43. The predicted molar refractivity (Wildman–Crippen MR) is 79.5 cm³/mol. The van der Waals surface area contributed by atoms with Crippen LogP contribution in [-0.2, 0) is 0 Å². The van der Waals surface area contributed by atoms with Gasteiger partial charge >= 0.3 is 0 Å². The maximum absolute atomic E-state index is 5.97. The van der Waals surface area contributed by atoms with E-state index in [9.17, 15) is 0 Å². The van der Waals surface area contributed by atoms with Gasteiger partial charge in [0, 0.05) is 22.3 Å². The van der Waals surface area contributed by atoms with Crippen LogP contribution in [0.5, 0.6) is 0 Å². The summed E-state index contributed by atoms with van der Waals surface area (Å²) < 4.78 is 0. The van der Waals surface area contributed by atoms with Gasteiger partial charge in [-0.3, -0.25) is 5.10 Å². The van der Waals surface area contributed by atoms with Gasteiger partial charge in [0.15, 0.2) is 0 Å². The average molecular weight is 285 g/mol. The van der Waals surface area contributed by atoms with E-state index in [2.05, 4.69) is 20.4 Å². The van der Waals surface area contributed by atoms with E-state index in [4.69, 9.17) is 11.6 Å². The summed E-state index contributed by atoms with van der Waals surface area (Å²) in [6.07, 6.45) is 1.73. The summed E-state index contributed by atoms with van der Waals surface area (Å²) in [5.74, 6) is 0. The summed E-state index contributed by atoms with van der Waals surface area (Å²) >= 11 is 5.97. The fraction of sp³-hybridized carbons (Fsp3) is 0.133. The first-order valence-electron chi connectivity index (χ1n) is 6.26. The highest BCUT2D eigenvalue weighted by molar-refractivity contribution is 6.30. The van der Waals surface area contributed by atoms with Crippen LogP contribution in [0.2, 0.25) is 5.02 Å². The number of hydrogen-bond donors (Lipinski definition) is 1. The smallest absolute Gasteiger partial charge is 0.0700 e. The first-order valence-corrected chi connectivity index (χ1v) is 6.64. The molecule has 0 radical (unpaired) electrons. The van der Waals surface area contributed by atoms with Crippen LogP contribution in [0.4, 0.5) is 0 Å². The van der Waals surface area contributed by atoms with Gasteiger partial charge in [-0.1, -0.05) is 23.7 Å². The summed E-state index contributed by atoms with van der Waals surface area (Å²) in [5, 5.41) is 16.2. The molecule has 0 aliphatic heterocycles. The van der Waals surface area contributed by atoms with E-state index in [1.807, 2.05) is 44.2 Å². The van der Waals surface area contributed by atoms with E-state index >= 15 is 0 Å². The van der Waals surface area contributed by atoms with Crippen LogP contribution in [0.1, 0.15) is 11.4 Å². The minimum atomic E-state index is 0.716. The zero-order valence-electron chi connectivity index (χ0n) is 11.2. The van der Waals surface area contributed by atoms with Crippen molar-refractivity contribution in [1.82, 2.24) is 20.4 Å². The second kappa shape index (κ2) is 5.06. The Kier molecular flexibility index (Phi) is 3.24. The molecule has 5 heteroatoms. The third-order valence-corrected chi connectivity index (χ3v) is 3.48. The van der Waals surface area contributed by atoms with Crippen LogP contribution in [0, 0.1) is 13.8 Å². The van der Waals surface area contributed by atoms with Crippen LogP contribution in [0.3, 0.4) is 0 Å². The second-order valence-electron chi connectivity index (χ2n) is 4.60. The van der Waals surface area contributed by atoms with E-state index in [-0.39, 0.29) is 0 Å². The van der Waals surface area contributed by atoms with Crippen molar-refractivity contribution >= 4 is 11.6 Å². The monoisotopic (exact) mass is 284 g/mol. The molecule has 0 saturated carbocycles. The van der Waals surface area contributed by atoms with Gasteiger partial charge in [0.2, 0.25) is 0 Å². The SMILES string of the molecule is Cc1nnc(C)c(-c2ccn[nH]2)c1-c1ccc(Cl)cc1. The standard InChI is InChI=1S/C15H13ClN4/c1-9-14(11-3-5-12(16)6-4-11)15(10(2)19-18-9)13-7-8-17-20-13/h3-8H,1-2H3,(H,17,20). The zero-order chi connectivity index (χ0) is 14.1. The number of halogens is 1. The quantitative estimate of drug-likeness (QED) is 0.778. The minimum absolute atomic E-state index is 0.716. The van der Waals surface area contributed by atoms with Gasteiger partial charge in [-0.15, -0.1) is 0 Å². The normalized spacial score (nSPS) is 10.8. The lowest BCUT2D eigenvalue weighted by molar-refractivity contribution is 0.943. The third kappa shape index (κ3) is 2.18. The van der Waals surface area contributed by atoms with Gasteiger partial charge in [-0.05, 0) is 37.6 Å². The predicted octanol–water partition coefficient (Wildman–Crippen LogP) is 3.80. The van der Waals surface area contributed by atoms with Gasteiger partial charge in [-0.2, -0.15) is 15.3 Å². The Bertz CT molecular complexity index is 733. The van der Waals surface area contributed by atoms with Crippen molar-refractivity contribution in [3.8, 4) is 22.4 Å². The molecule has 0 spiro atoms. The highest BCUT2D eigenvalue weighted by atomic mass is 35.5. The van der Waals surface area contributed by atoms with Crippen LogP contribution >= 0.6 is 11.6 Å².